The van der Waals surface area contributed by atoms with Crippen LogP contribution in [0, 0.1) is 11.3 Å². The van der Waals surface area contributed by atoms with Crippen molar-refractivity contribution >= 4 is 0 Å². The SMILES string of the molecule is CCC(CC)N(CCOC)C(C)CC(C)(N)C#N. The van der Waals surface area contributed by atoms with Crippen LogP contribution in [-0.4, -0.2) is 42.8 Å². The van der Waals surface area contributed by atoms with E-state index in [1.54, 1.807) is 14.0 Å². The van der Waals surface area contributed by atoms with Gasteiger partial charge in [-0.2, -0.15) is 5.26 Å². The molecule has 4 heteroatoms. The lowest BCUT2D eigenvalue weighted by Gasteiger charge is -2.37. The van der Waals surface area contributed by atoms with Gasteiger partial charge in [-0.25, -0.2) is 0 Å². The van der Waals surface area contributed by atoms with E-state index in [1.165, 1.54) is 0 Å². The number of rotatable bonds is 9. The van der Waals surface area contributed by atoms with Gasteiger partial charge < -0.3 is 10.5 Å². The Balaban J connectivity index is 4.68. The second kappa shape index (κ2) is 8.47. The number of hydrogen-bond acceptors (Lipinski definition) is 4. The second-order valence-electron chi connectivity index (χ2n) is 5.28. The van der Waals surface area contributed by atoms with Crippen molar-refractivity contribution in [3.8, 4) is 6.07 Å². The highest BCUT2D eigenvalue weighted by Gasteiger charge is 2.27. The fraction of sp³-hybridized carbons (Fsp3) is 0.929. The van der Waals surface area contributed by atoms with E-state index in [1.807, 2.05) is 0 Å². The molecule has 0 bridgehead atoms. The van der Waals surface area contributed by atoms with Crippen molar-refractivity contribution in [2.45, 2.75) is 64.6 Å². The van der Waals surface area contributed by atoms with E-state index in [0.717, 1.165) is 19.4 Å². The summed E-state index contributed by atoms with van der Waals surface area (Å²) in [7, 11) is 1.72. The van der Waals surface area contributed by atoms with Gasteiger partial charge in [-0.05, 0) is 33.1 Å². The lowest BCUT2D eigenvalue weighted by atomic mass is 9.94. The average Bonchev–Trinajstić information content (AvgIpc) is 2.33. The van der Waals surface area contributed by atoms with Crippen molar-refractivity contribution in [2.24, 2.45) is 5.73 Å². The molecule has 2 atom stereocenters. The number of nitrogens with zero attached hydrogens (tertiary/aromatic N) is 2. The van der Waals surface area contributed by atoms with Gasteiger partial charge in [-0.15, -0.1) is 0 Å². The zero-order chi connectivity index (χ0) is 14.2. The van der Waals surface area contributed by atoms with Crippen LogP contribution in [-0.2, 0) is 4.74 Å². The molecule has 0 spiro atoms. The van der Waals surface area contributed by atoms with E-state index in [-0.39, 0.29) is 0 Å². The van der Waals surface area contributed by atoms with Gasteiger partial charge in [0.25, 0.3) is 0 Å². The Bertz CT molecular complexity index is 256. The summed E-state index contributed by atoms with van der Waals surface area (Å²) >= 11 is 0. The number of nitrogens with two attached hydrogens (primary N) is 1. The molecule has 4 nitrogen and oxygen atoms in total. The summed E-state index contributed by atoms with van der Waals surface area (Å²) in [6.07, 6.45) is 2.90. The predicted molar refractivity (Wildman–Crippen MR) is 75.2 cm³/mol. The van der Waals surface area contributed by atoms with Crippen LogP contribution in [0.4, 0.5) is 0 Å². The highest BCUT2D eigenvalue weighted by molar-refractivity contribution is 5.03. The maximum atomic E-state index is 9.04. The molecule has 0 heterocycles. The summed E-state index contributed by atoms with van der Waals surface area (Å²) in [5, 5.41) is 9.04. The van der Waals surface area contributed by atoms with E-state index < -0.39 is 5.54 Å². The fourth-order valence-electron chi connectivity index (χ4n) is 2.49. The number of methoxy groups -OCH3 is 1. The molecular weight excluding hydrogens is 226 g/mol. The first-order chi connectivity index (χ1) is 8.41. The van der Waals surface area contributed by atoms with E-state index in [9.17, 15) is 0 Å². The number of hydrogen-bond donors (Lipinski definition) is 1. The number of ether oxygens (including phenoxy) is 1. The minimum atomic E-state index is -0.753. The number of nitriles is 1. The molecule has 0 aromatic rings. The largest absolute Gasteiger partial charge is 0.383 e. The Morgan fingerprint density at radius 2 is 1.94 bits per heavy atom. The first kappa shape index (κ1) is 17.4. The average molecular weight is 255 g/mol. The Morgan fingerprint density at radius 1 is 1.39 bits per heavy atom. The van der Waals surface area contributed by atoms with Gasteiger partial charge in [0.1, 0.15) is 5.54 Å². The Hall–Kier alpha value is -0.630. The molecule has 0 aliphatic heterocycles. The summed E-state index contributed by atoms with van der Waals surface area (Å²) in [6.45, 7) is 9.96. The first-order valence-corrected chi connectivity index (χ1v) is 6.86. The second-order valence-corrected chi connectivity index (χ2v) is 5.28. The van der Waals surface area contributed by atoms with Gasteiger partial charge in [0.15, 0.2) is 0 Å². The van der Waals surface area contributed by atoms with Crippen LogP contribution in [0.1, 0.15) is 47.0 Å². The molecule has 0 radical (unpaired) electrons. The summed E-state index contributed by atoms with van der Waals surface area (Å²) in [6, 6.07) is 3.00. The highest BCUT2D eigenvalue weighted by atomic mass is 16.5. The zero-order valence-corrected chi connectivity index (χ0v) is 12.6. The quantitative estimate of drug-likeness (QED) is 0.685. The van der Waals surface area contributed by atoms with E-state index in [2.05, 4.69) is 31.7 Å². The molecule has 106 valence electrons. The maximum Gasteiger partial charge on any atom is 0.102 e. The van der Waals surface area contributed by atoms with E-state index in [0.29, 0.717) is 25.1 Å². The third-order valence-corrected chi connectivity index (χ3v) is 3.51. The van der Waals surface area contributed by atoms with Crippen LogP contribution < -0.4 is 5.73 Å². The van der Waals surface area contributed by atoms with Gasteiger partial charge >= 0.3 is 0 Å². The molecule has 0 fully saturated rings. The van der Waals surface area contributed by atoms with Gasteiger partial charge in [0.2, 0.25) is 0 Å². The summed E-state index contributed by atoms with van der Waals surface area (Å²) in [5.41, 5.74) is 5.19. The summed E-state index contributed by atoms with van der Waals surface area (Å²) < 4.78 is 5.18. The first-order valence-electron chi connectivity index (χ1n) is 6.86. The van der Waals surface area contributed by atoms with Crippen molar-refractivity contribution in [1.82, 2.24) is 4.90 Å². The van der Waals surface area contributed by atoms with E-state index >= 15 is 0 Å². The molecule has 18 heavy (non-hydrogen) atoms. The Labute approximate surface area is 112 Å². The smallest absolute Gasteiger partial charge is 0.102 e. The Morgan fingerprint density at radius 3 is 2.33 bits per heavy atom. The molecule has 0 aromatic heterocycles. The minimum Gasteiger partial charge on any atom is -0.383 e. The van der Waals surface area contributed by atoms with Crippen LogP contribution in [0.3, 0.4) is 0 Å². The maximum absolute atomic E-state index is 9.04. The third-order valence-electron chi connectivity index (χ3n) is 3.51. The molecule has 0 aromatic carbocycles. The monoisotopic (exact) mass is 255 g/mol. The third kappa shape index (κ3) is 5.81. The minimum absolute atomic E-state index is 0.291. The van der Waals surface area contributed by atoms with Gasteiger partial charge in [0, 0.05) is 25.7 Å². The summed E-state index contributed by atoms with van der Waals surface area (Å²) in [4.78, 5) is 2.42. The molecule has 2 N–H and O–H groups in total. The summed E-state index contributed by atoms with van der Waals surface area (Å²) in [5.74, 6) is 0. The van der Waals surface area contributed by atoms with Gasteiger partial charge in [0.05, 0.1) is 12.7 Å². The molecule has 0 saturated heterocycles. The topological polar surface area (TPSA) is 62.3 Å². The van der Waals surface area contributed by atoms with Crippen LogP contribution in [0.2, 0.25) is 0 Å². The van der Waals surface area contributed by atoms with Crippen LogP contribution in [0.25, 0.3) is 0 Å². The highest BCUT2D eigenvalue weighted by Crippen LogP contribution is 2.18. The van der Waals surface area contributed by atoms with Gasteiger partial charge in [-0.3, -0.25) is 4.90 Å². The molecule has 2 unspecified atom stereocenters. The Kier molecular flexibility index (Phi) is 8.17. The molecule has 0 rings (SSSR count). The lowest BCUT2D eigenvalue weighted by Crippen LogP contribution is -2.48. The van der Waals surface area contributed by atoms with Gasteiger partial charge in [-0.1, -0.05) is 13.8 Å². The molecular formula is C14H29N3O. The van der Waals surface area contributed by atoms with Crippen molar-refractivity contribution in [3.63, 3.8) is 0 Å². The normalized spacial score (nSPS) is 16.6. The molecule has 0 aliphatic carbocycles. The molecule has 0 saturated carbocycles. The van der Waals surface area contributed by atoms with Crippen LogP contribution >= 0.6 is 0 Å². The van der Waals surface area contributed by atoms with Crippen molar-refractivity contribution in [3.05, 3.63) is 0 Å². The predicted octanol–water partition coefficient (Wildman–Crippen LogP) is 2.14. The fourth-order valence-corrected chi connectivity index (χ4v) is 2.49. The lowest BCUT2D eigenvalue weighted by molar-refractivity contribution is 0.0771. The van der Waals surface area contributed by atoms with Crippen LogP contribution in [0.5, 0.6) is 0 Å². The van der Waals surface area contributed by atoms with Crippen molar-refractivity contribution in [1.29, 1.82) is 5.26 Å². The molecule has 0 amide bonds. The van der Waals surface area contributed by atoms with E-state index in [4.69, 9.17) is 15.7 Å². The van der Waals surface area contributed by atoms with Crippen LogP contribution in [0.15, 0.2) is 0 Å². The van der Waals surface area contributed by atoms with Crippen molar-refractivity contribution in [2.75, 3.05) is 20.3 Å². The molecule has 0 aliphatic rings. The van der Waals surface area contributed by atoms with Crippen molar-refractivity contribution < 1.29 is 4.74 Å². The zero-order valence-electron chi connectivity index (χ0n) is 12.6. The standard InChI is InChI=1S/C14H29N3O/c1-6-13(7-2)17(8-9-18-5)12(3)10-14(4,16)11-15/h12-13H,6-10,16H2,1-5H3.